The number of aryl methyl sites for hydroxylation is 2. The maximum absolute atomic E-state index is 13.2. The van der Waals surface area contributed by atoms with Crippen LogP contribution in [-0.2, 0) is 24.4 Å². The van der Waals surface area contributed by atoms with E-state index in [1.165, 1.54) is 29.8 Å². The van der Waals surface area contributed by atoms with Crippen LogP contribution in [-0.4, -0.2) is 57.4 Å². The molecular weight excluding hydrogens is 422 g/mol. The lowest BCUT2D eigenvalue weighted by Gasteiger charge is -2.20. The van der Waals surface area contributed by atoms with Gasteiger partial charge in [0, 0.05) is 32.7 Å². The molecule has 9 nitrogen and oxygen atoms in total. The lowest BCUT2D eigenvalue weighted by atomic mass is 10.1. The lowest BCUT2D eigenvalue weighted by Crippen LogP contribution is -2.38. The van der Waals surface area contributed by atoms with Gasteiger partial charge in [-0.25, -0.2) is 0 Å². The Morgan fingerprint density at radius 2 is 1.97 bits per heavy atom. The van der Waals surface area contributed by atoms with Crippen LogP contribution in [0.2, 0.25) is 0 Å². The number of carbonyl (C=O) groups excluding carboxylic acids is 3. The van der Waals surface area contributed by atoms with Gasteiger partial charge in [0.2, 0.25) is 5.91 Å². The van der Waals surface area contributed by atoms with Crippen molar-refractivity contribution < 1.29 is 18.8 Å². The van der Waals surface area contributed by atoms with Gasteiger partial charge in [-0.1, -0.05) is 29.8 Å². The Labute approximate surface area is 192 Å². The number of aromatic nitrogens is 2. The second kappa shape index (κ2) is 9.72. The molecule has 1 aliphatic rings. The summed E-state index contributed by atoms with van der Waals surface area (Å²) < 4.78 is 6.77. The fraction of sp³-hybridized carbons (Fsp3) is 0.333. The molecule has 3 aromatic rings. The molecule has 172 valence electrons. The van der Waals surface area contributed by atoms with Gasteiger partial charge in [0.15, 0.2) is 5.69 Å². The minimum atomic E-state index is -0.415. The van der Waals surface area contributed by atoms with Gasteiger partial charge >= 0.3 is 0 Å². The number of likely N-dealkylation sites (N-methyl/N-ethyl adjacent to an activating group) is 1. The van der Waals surface area contributed by atoms with E-state index in [-0.39, 0.29) is 30.6 Å². The van der Waals surface area contributed by atoms with Gasteiger partial charge in [0.05, 0.1) is 19.4 Å². The van der Waals surface area contributed by atoms with E-state index in [9.17, 15) is 14.4 Å². The number of hydrogen-bond acceptors (Lipinski definition) is 5. The summed E-state index contributed by atoms with van der Waals surface area (Å²) in [6.45, 7) is 3.81. The molecule has 0 radical (unpaired) electrons. The minimum absolute atomic E-state index is 0.130. The van der Waals surface area contributed by atoms with Crippen molar-refractivity contribution in [1.29, 1.82) is 0 Å². The summed E-state index contributed by atoms with van der Waals surface area (Å²) in [6, 6.07) is 13.1. The Hall–Kier alpha value is -3.88. The molecule has 33 heavy (non-hydrogen) atoms. The molecule has 1 N–H and O–H groups in total. The molecule has 3 heterocycles. The first-order valence-corrected chi connectivity index (χ1v) is 10.9. The Kier molecular flexibility index (Phi) is 6.58. The Balaban J connectivity index is 1.40. The summed E-state index contributed by atoms with van der Waals surface area (Å²) >= 11 is 0. The van der Waals surface area contributed by atoms with E-state index in [4.69, 9.17) is 4.42 Å². The van der Waals surface area contributed by atoms with Crippen molar-refractivity contribution in [3.63, 3.8) is 0 Å². The van der Waals surface area contributed by atoms with E-state index in [1.54, 1.807) is 21.7 Å². The topological polar surface area (TPSA) is 101 Å². The van der Waals surface area contributed by atoms with Crippen molar-refractivity contribution in [2.24, 2.45) is 0 Å². The quantitative estimate of drug-likeness (QED) is 0.596. The van der Waals surface area contributed by atoms with Gasteiger partial charge < -0.3 is 19.5 Å². The maximum atomic E-state index is 13.2. The number of fused-ring (bicyclic) bond motifs is 1. The summed E-state index contributed by atoms with van der Waals surface area (Å²) in [4.78, 5) is 41.3. The second-order valence-electron chi connectivity index (χ2n) is 8.22. The summed E-state index contributed by atoms with van der Waals surface area (Å²) in [5.41, 5.74) is 2.76. The third-order valence-electron chi connectivity index (χ3n) is 5.56. The summed E-state index contributed by atoms with van der Waals surface area (Å²) in [5, 5.41) is 7.07. The molecule has 0 fully saturated rings. The van der Waals surface area contributed by atoms with Crippen molar-refractivity contribution in [3.8, 4) is 0 Å². The van der Waals surface area contributed by atoms with Gasteiger partial charge in [-0.3, -0.25) is 19.1 Å². The molecule has 3 amide bonds. The zero-order valence-electron chi connectivity index (χ0n) is 18.8. The highest BCUT2D eigenvalue weighted by Crippen LogP contribution is 2.17. The molecular formula is C24H27N5O4. The SMILES string of the molecule is Cc1ccc(CN2CCCn3nc(C(=O)N(C)CC(=O)NCc4ccco4)cc3C2=O)cc1. The van der Waals surface area contributed by atoms with Crippen LogP contribution < -0.4 is 5.32 Å². The van der Waals surface area contributed by atoms with Crippen molar-refractivity contribution >= 4 is 17.7 Å². The Morgan fingerprint density at radius 1 is 1.18 bits per heavy atom. The average molecular weight is 450 g/mol. The molecule has 0 saturated heterocycles. The highest BCUT2D eigenvalue weighted by Gasteiger charge is 2.27. The van der Waals surface area contributed by atoms with E-state index in [2.05, 4.69) is 10.4 Å². The number of nitrogens with one attached hydrogen (secondary N) is 1. The van der Waals surface area contributed by atoms with E-state index in [0.29, 0.717) is 31.1 Å². The maximum Gasteiger partial charge on any atom is 0.274 e. The molecule has 0 aliphatic carbocycles. The smallest absolute Gasteiger partial charge is 0.274 e. The van der Waals surface area contributed by atoms with Crippen LogP contribution in [0, 0.1) is 6.92 Å². The zero-order chi connectivity index (χ0) is 23.4. The minimum Gasteiger partial charge on any atom is -0.467 e. The monoisotopic (exact) mass is 449 g/mol. The Morgan fingerprint density at radius 3 is 2.70 bits per heavy atom. The highest BCUT2D eigenvalue weighted by atomic mass is 16.3. The van der Waals surface area contributed by atoms with Crippen LogP contribution in [0.25, 0.3) is 0 Å². The van der Waals surface area contributed by atoms with E-state index in [1.807, 2.05) is 31.2 Å². The molecule has 1 aliphatic heterocycles. The number of benzene rings is 1. The molecule has 0 spiro atoms. The predicted molar refractivity (Wildman–Crippen MR) is 120 cm³/mol. The lowest BCUT2D eigenvalue weighted by molar-refractivity contribution is -0.121. The fourth-order valence-electron chi connectivity index (χ4n) is 3.74. The summed E-state index contributed by atoms with van der Waals surface area (Å²) in [6.07, 6.45) is 2.27. The first kappa shape index (κ1) is 22.3. The molecule has 1 aromatic carbocycles. The van der Waals surface area contributed by atoms with Crippen LogP contribution in [0.1, 0.15) is 44.3 Å². The van der Waals surface area contributed by atoms with E-state index >= 15 is 0 Å². The van der Waals surface area contributed by atoms with Crippen LogP contribution in [0.15, 0.2) is 53.1 Å². The molecule has 2 aromatic heterocycles. The predicted octanol–water partition coefficient (Wildman–Crippen LogP) is 2.22. The van der Waals surface area contributed by atoms with Crippen LogP contribution in [0.5, 0.6) is 0 Å². The Bertz CT molecular complexity index is 1130. The molecule has 0 saturated carbocycles. The van der Waals surface area contributed by atoms with Gasteiger partial charge in [0.25, 0.3) is 11.8 Å². The molecule has 9 heteroatoms. The molecule has 4 rings (SSSR count). The van der Waals surface area contributed by atoms with Crippen molar-refractivity contribution in [2.75, 3.05) is 20.1 Å². The number of rotatable bonds is 7. The van der Waals surface area contributed by atoms with Crippen molar-refractivity contribution in [2.45, 2.75) is 33.0 Å². The third-order valence-corrected chi connectivity index (χ3v) is 5.56. The first-order valence-electron chi connectivity index (χ1n) is 10.9. The van der Waals surface area contributed by atoms with E-state index in [0.717, 1.165) is 12.0 Å². The number of nitrogens with zero attached hydrogens (tertiary/aromatic N) is 4. The summed E-state index contributed by atoms with van der Waals surface area (Å²) in [7, 11) is 1.53. The van der Waals surface area contributed by atoms with Crippen LogP contribution >= 0.6 is 0 Å². The van der Waals surface area contributed by atoms with Gasteiger partial charge in [-0.15, -0.1) is 0 Å². The zero-order valence-corrected chi connectivity index (χ0v) is 18.8. The fourth-order valence-corrected chi connectivity index (χ4v) is 3.74. The van der Waals surface area contributed by atoms with Gasteiger partial charge in [0.1, 0.15) is 11.5 Å². The number of amides is 3. The number of furan rings is 1. The number of hydrogen-bond donors (Lipinski definition) is 1. The standard InChI is InChI=1S/C24H27N5O4/c1-17-6-8-18(9-7-17)15-28-10-4-11-29-21(24(28)32)13-20(26-29)23(31)27(2)16-22(30)25-14-19-5-3-12-33-19/h3,5-9,12-13H,4,10-11,14-16H2,1-2H3,(H,25,30). The molecule has 0 bridgehead atoms. The van der Waals surface area contributed by atoms with Crippen LogP contribution in [0.3, 0.4) is 0 Å². The normalized spacial score (nSPS) is 13.4. The second-order valence-corrected chi connectivity index (χ2v) is 8.22. The van der Waals surface area contributed by atoms with Crippen LogP contribution in [0.4, 0.5) is 0 Å². The average Bonchev–Trinajstić information content (AvgIpc) is 3.45. The molecule has 0 atom stereocenters. The van der Waals surface area contributed by atoms with E-state index < -0.39 is 5.91 Å². The first-order chi connectivity index (χ1) is 15.9. The van der Waals surface area contributed by atoms with Crippen molar-refractivity contribution in [1.82, 2.24) is 24.9 Å². The third kappa shape index (κ3) is 5.31. The van der Waals surface area contributed by atoms with Crippen molar-refractivity contribution in [3.05, 3.63) is 77.0 Å². The highest BCUT2D eigenvalue weighted by molar-refractivity contribution is 5.99. The largest absolute Gasteiger partial charge is 0.467 e. The van der Waals surface area contributed by atoms with Gasteiger partial charge in [-0.05, 0) is 31.0 Å². The van der Waals surface area contributed by atoms with Gasteiger partial charge in [-0.2, -0.15) is 5.10 Å². The summed E-state index contributed by atoms with van der Waals surface area (Å²) in [5.74, 6) is -0.257. The number of carbonyl (C=O) groups is 3. The molecule has 0 unspecified atom stereocenters.